The average molecular weight is 680 g/mol. The number of amides is 1. The van der Waals surface area contributed by atoms with Gasteiger partial charge in [0.1, 0.15) is 18.9 Å². The Hall–Kier alpha value is -2.70. The molecular weight excluding hydrogens is 657 g/mol. The molecule has 39 heavy (non-hydrogen) atoms. The van der Waals surface area contributed by atoms with Gasteiger partial charge in [-0.25, -0.2) is 13.8 Å². The van der Waals surface area contributed by atoms with Gasteiger partial charge in [0.05, 0.1) is 36.9 Å². The topological polar surface area (TPSA) is 107 Å². The van der Waals surface area contributed by atoms with Gasteiger partial charge in [-0.15, -0.1) is 0 Å². The lowest BCUT2D eigenvalue weighted by molar-refractivity contribution is -0.119. The Morgan fingerprint density at radius 2 is 1.69 bits per heavy atom. The highest BCUT2D eigenvalue weighted by molar-refractivity contribution is 9.10. The van der Waals surface area contributed by atoms with Crippen molar-refractivity contribution < 1.29 is 27.4 Å². The number of nitrogens with one attached hydrogen (secondary N) is 1. The molecule has 0 bridgehead atoms. The van der Waals surface area contributed by atoms with Gasteiger partial charge >= 0.3 is 0 Å². The van der Waals surface area contributed by atoms with E-state index in [1.807, 2.05) is 0 Å². The predicted octanol–water partition coefficient (Wildman–Crippen LogP) is 5.92. The first-order chi connectivity index (χ1) is 18.4. The largest absolute Gasteiger partial charge is 0.495 e. The number of halogens is 4. The van der Waals surface area contributed by atoms with Crippen LogP contribution in [0.1, 0.15) is 11.1 Å². The van der Waals surface area contributed by atoms with Gasteiger partial charge in [0, 0.05) is 20.6 Å². The number of benzene rings is 3. The second-order valence-corrected chi connectivity index (χ2v) is 12.0. The molecule has 0 saturated heterocycles. The molecule has 0 aromatic heterocycles. The Labute approximate surface area is 249 Å². The third-order valence-corrected chi connectivity index (χ3v) is 7.68. The van der Waals surface area contributed by atoms with Gasteiger partial charge in [0.25, 0.3) is 5.91 Å². The van der Waals surface area contributed by atoms with Crippen molar-refractivity contribution >= 4 is 78.6 Å². The summed E-state index contributed by atoms with van der Waals surface area (Å²) in [5.74, 6) is 0.380. The van der Waals surface area contributed by atoms with Crippen LogP contribution in [-0.2, 0) is 21.4 Å². The molecule has 3 rings (SSSR count). The first kappa shape index (κ1) is 30.8. The molecule has 0 unspecified atom stereocenters. The SMILES string of the molecule is COc1ccc(Cl)cc1N(CC(=O)N/N=C/c1cc(Br)c(OCc2ccc(Cl)cc2Cl)c(OC)c1)S(C)(=O)=O. The van der Waals surface area contributed by atoms with E-state index in [9.17, 15) is 13.2 Å². The standard InChI is InChI=1S/C25H23BrCl3N3O6S/c1-36-22-7-6-18(28)11-21(22)32(39(3,34)35)13-24(33)31-30-12-15-8-19(26)25(23(9-15)37-2)38-14-16-4-5-17(27)10-20(16)29/h4-12H,13-14H2,1-3H3,(H,31,33)/b30-12+. The Morgan fingerprint density at radius 3 is 2.33 bits per heavy atom. The number of ether oxygens (including phenoxy) is 3. The van der Waals surface area contributed by atoms with E-state index in [1.165, 1.54) is 32.6 Å². The van der Waals surface area contributed by atoms with Crippen LogP contribution < -0.4 is 23.9 Å². The number of nitrogens with zero attached hydrogens (tertiary/aromatic N) is 2. The fourth-order valence-corrected chi connectivity index (χ4v) is 5.38. The molecule has 0 radical (unpaired) electrons. The van der Waals surface area contributed by atoms with E-state index in [1.54, 1.807) is 36.4 Å². The van der Waals surface area contributed by atoms with E-state index in [-0.39, 0.29) is 23.1 Å². The zero-order valence-electron chi connectivity index (χ0n) is 20.9. The van der Waals surface area contributed by atoms with Crippen molar-refractivity contribution in [2.45, 2.75) is 6.61 Å². The molecule has 0 fully saturated rings. The summed E-state index contributed by atoms with van der Waals surface area (Å²) < 4.78 is 42.9. The van der Waals surface area contributed by atoms with Crippen LogP contribution in [0.25, 0.3) is 0 Å². The molecule has 3 aromatic rings. The molecule has 0 heterocycles. The summed E-state index contributed by atoms with van der Waals surface area (Å²) in [6.45, 7) is -0.386. The molecule has 0 saturated carbocycles. The first-order valence-electron chi connectivity index (χ1n) is 11.0. The van der Waals surface area contributed by atoms with E-state index in [2.05, 4.69) is 26.5 Å². The Kier molecular flexibility index (Phi) is 10.7. The van der Waals surface area contributed by atoms with Crippen LogP contribution in [0, 0.1) is 0 Å². The number of anilines is 1. The van der Waals surface area contributed by atoms with E-state index < -0.39 is 22.5 Å². The van der Waals surface area contributed by atoms with Crippen LogP contribution in [0.3, 0.4) is 0 Å². The quantitative estimate of drug-likeness (QED) is 0.199. The van der Waals surface area contributed by atoms with Crippen molar-refractivity contribution in [2.24, 2.45) is 5.10 Å². The Bertz CT molecular complexity index is 1500. The lowest BCUT2D eigenvalue weighted by Crippen LogP contribution is -2.39. The molecular formula is C25H23BrCl3N3O6S. The van der Waals surface area contributed by atoms with Gasteiger partial charge in [-0.1, -0.05) is 40.9 Å². The van der Waals surface area contributed by atoms with Crippen LogP contribution in [0.15, 0.2) is 58.1 Å². The van der Waals surface area contributed by atoms with Crippen molar-refractivity contribution in [3.63, 3.8) is 0 Å². The first-order valence-corrected chi connectivity index (χ1v) is 14.8. The monoisotopic (exact) mass is 677 g/mol. The summed E-state index contributed by atoms with van der Waals surface area (Å²) in [5, 5.41) is 5.21. The highest BCUT2D eigenvalue weighted by Crippen LogP contribution is 2.37. The van der Waals surface area contributed by atoms with Crippen molar-refractivity contribution in [1.29, 1.82) is 0 Å². The molecule has 1 N–H and O–H groups in total. The smallest absolute Gasteiger partial charge is 0.260 e. The number of rotatable bonds is 11. The average Bonchev–Trinajstić information content (AvgIpc) is 2.86. The highest BCUT2D eigenvalue weighted by atomic mass is 79.9. The molecule has 9 nitrogen and oxygen atoms in total. The normalized spacial score (nSPS) is 11.4. The molecule has 0 aliphatic carbocycles. The van der Waals surface area contributed by atoms with E-state index in [4.69, 9.17) is 49.0 Å². The van der Waals surface area contributed by atoms with Crippen molar-refractivity contribution in [1.82, 2.24) is 5.43 Å². The molecule has 14 heteroatoms. The fourth-order valence-electron chi connectivity index (χ4n) is 3.33. The van der Waals surface area contributed by atoms with Gasteiger partial charge in [-0.2, -0.15) is 5.10 Å². The third-order valence-electron chi connectivity index (χ3n) is 5.14. The van der Waals surface area contributed by atoms with Crippen LogP contribution >= 0.6 is 50.7 Å². The predicted molar refractivity (Wildman–Crippen MR) is 157 cm³/mol. The van der Waals surface area contributed by atoms with Crippen LogP contribution in [-0.4, -0.2) is 47.6 Å². The zero-order chi connectivity index (χ0) is 28.7. The van der Waals surface area contributed by atoms with Gasteiger partial charge in [-0.3, -0.25) is 9.10 Å². The minimum absolute atomic E-state index is 0.121. The van der Waals surface area contributed by atoms with Crippen molar-refractivity contribution in [2.75, 3.05) is 31.3 Å². The fraction of sp³-hybridized carbons (Fsp3) is 0.200. The van der Waals surface area contributed by atoms with Gasteiger partial charge in [0.2, 0.25) is 10.0 Å². The zero-order valence-corrected chi connectivity index (χ0v) is 25.5. The molecule has 208 valence electrons. The number of hydrogen-bond donors (Lipinski definition) is 1. The minimum Gasteiger partial charge on any atom is -0.495 e. The second kappa shape index (κ2) is 13.6. The number of hydrazone groups is 1. The van der Waals surface area contributed by atoms with Gasteiger partial charge in [0.15, 0.2) is 11.5 Å². The summed E-state index contributed by atoms with van der Waals surface area (Å²) in [5.41, 5.74) is 3.74. The number of carbonyl (C=O) groups excluding carboxylic acids is 1. The minimum atomic E-state index is -3.86. The van der Waals surface area contributed by atoms with E-state index in [0.29, 0.717) is 31.6 Å². The molecule has 0 aliphatic rings. The number of carbonyl (C=O) groups is 1. The maximum absolute atomic E-state index is 12.6. The lowest BCUT2D eigenvalue weighted by Gasteiger charge is -2.23. The van der Waals surface area contributed by atoms with E-state index >= 15 is 0 Å². The molecule has 0 spiro atoms. The lowest BCUT2D eigenvalue weighted by atomic mass is 10.2. The summed E-state index contributed by atoms with van der Waals surface area (Å²) in [7, 11) is -0.994. The summed E-state index contributed by atoms with van der Waals surface area (Å²) in [6.07, 6.45) is 2.34. The summed E-state index contributed by atoms with van der Waals surface area (Å²) in [4.78, 5) is 12.6. The number of sulfonamides is 1. The highest BCUT2D eigenvalue weighted by Gasteiger charge is 2.24. The van der Waals surface area contributed by atoms with Crippen LogP contribution in [0.2, 0.25) is 15.1 Å². The summed E-state index contributed by atoms with van der Waals surface area (Å²) in [6, 6.07) is 12.9. The van der Waals surface area contributed by atoms with Crippen molar-refractivity contribution in [3.05, 3.63) is 79.2 Å². The molecule has 1 amide bonds. The Morgan fingerprint density at radius 1 is 1.03 bits per heavy atom. The maximum Gasteiger partial charge on any atom is 0.260 e. The van der Waals surface area contributed by atoms with Gasteiger partial charge in [-0.05, 0) is 64.0 Å². The van der Waals surface area contributed by atoms with E-state index in [0.717, 1.165) is 16.1 Å². The number of hydrogen-bond acceptors (Lipinski definition) is 7. The van der Waals surface area contributed by atoms with Gasteiger partial charge < -0.3 is 14.2 Å². The third kappa shape index (κ3) is 8.39. The Balaban J connectivity index is 1.72. The second-order valence-electron chi connectivity index (χ2n) is 7.94. The maximum atomic E-state index is 12.6. The molecule has 0 aliphatic heterocycles. The molecule has 3 aromatic carbocycles. The molecule has 0 atom stereocenters. The van der Waals surface area contributed by atoms with Crippen molar-refractivity contribution in [3.8, 4) is 17.2 Å². The van der Waals surface area contributed by atoms with Crippen LogP contribution in [0.5, 0.6) is 17.2 Å². The number of methoxy groups -OCH3 is 2. The summed E-state index contributed by atoms with van der Waals surface area (Å²) >= 11 is 21.7. The van der Waals surface area contributed by atoms with Crippen LogP contribution in [0.4, 0.5) is 5.69 Å².